The van der Waals surface area contributed by atoms with E-state index in [9.17, 15) is 0 Å². The van der Waals surface area contributed by atoms with E-state index in [-0.39, 0.29) is 0 Å². The van der Waals surface area contributed by atoms with Gasteiger partial charge in [-0.3, -0.25) is 0 Å². The average Bonchev–Trinajstić information content (AvgIpc) is 1.93. The van der Waals surface area contributed by atoms with Crippen molar-refractivity contribution in [1.82, 2.24) is 14.4 Å². The summed E-state index contributed by atoms with van der Waals surface area (Å²) < 4.78 is 0. The largest absolute Gasteiger partial charge is 0.337 e. The molecule has 10 heavy (non-hydrogen) atoms. The van der Waals surface area contributed by atoms with E-state index in [1.807, 2.05) is 0 Å². The van der Waals surface area contributed by atoms with Gasteiger partial charge in [-0.05, 0) is 13.1 Å². The molecule has 0 aromatic heterocycles. The van der Waals surface area contributed by atoms with Gasteiger partial charge in [0.05, 0.1) is 0 Å². The third-order valence-corrected chi connectivity index (χ3v) is 1.83. The van der Waals surface area contributed by atoms with E-state index in [1.165, 1.54) is 13.1 Å². The molecule has 6 heteroatoms. The first-order valence-corrected chi connectivity index (χ1v) is 3.74. The van der Waals surface area contributed by atoms with Crippen LogP contribution >= 0.6 is 0 Å². The summed E-state index contributed by atoms with van der Waals surface area (Å²) in [4.78, 5) is 6.99. The monoisotopic (exact) mass is 137 g/mol. The fraction of sp³-hybridized carbons (Fsp3) is 1.00. The Bertz CT molecular complexity index is 99.9. The molecule has 1 fully saturated rings. The minimum atomic E-state index is 1.09. The van der Waals surface area contributed by atoms with Crippen LogP contribution in [0.1, 0.15) is 0 Å². The summed E-state index contributed by atoms with van der Waals surface area (Å²) >= 11 is 0. The van der Waals surface area contributed by atoms with Crippen molar-refractivity contribution < 1.29 is 0 Å². The Balaban J connectivity index is 2.38. The molecule has 0 atom stereocenters. The molecule has 1 saturated heterocycles. The zero-order chi connectivity index (χ0) is 7.56. The lowest BCUT2D eigenvalue weighted by Gasteiger charge is -2.21. The first-order valence-electron chi connectivity index (χ1n) is 3.74. The fourth-order valence-electron chi connectivity index (χ4n) is 1.35. The average molecular weight is 137 g/mol. The van der Waals surface area contributed by atoms with Crippen LogP contribution in [0.2, 0.25) is 0 Å². The molecule has 0 aliphatic carbocycles. The van der Waals surface area contributed by atoms with Crippen molar-refractivity contribution in [2.45, 2.75) is 0 Å². The Morgan fingerprint density at radius 2 is 1.10 bits per heavy atom. The second kappa shape index (κ2) is 3.46. The van der Waals surface area contributed by atoms with Gasteiger partial charge in [0.25, 0.3) is 0 Å². The first kappa shape index (κ1) is 8.17. The predicted molar refractivity (Wildman–Crippen MR) is 50.6 cm³/mol. The molecule has 0 saturated carbocycles. The normalized spacial score (nSPS) is 26.4. The molecule has 0 radical (unpaired) electrons. The first-order chi connectivity index (χ1) is 4.68. The molecule has 0 aromatic rings. The van der Waals surface area contributed by atoms with Crippen molar-refractivity contribution in [1.29, 1.82) is 0 Å². The van der Waals surface area contributed by atoms with Gasteiger partial charge in [0.2, 0.25) is 0 Å². The molecule has 0 unspecified atom stereocenters. The van der Waals surface area contributed by atoms with Gasteiger partial charge in [-0.1, -0.05) is 0 Å². The molecule has 0 N–H and O–H groups in total. The van der Waals surface area contributed by atoms with Crippen molar-refractivity contribution in [2.75, 3.05) is 26.4 Å². The molecular formula is C4H14B3N3. The van der Waals surface area contributed by atoms with Crippen molar-refractivity contribution in [3.63, 3.8) is 0 Å². The molecule has 0 spiro atoms. The summed E-state index contributed by atoms with van der Waals surface area (Å²) in [5, 5.41) is 0. The van der Waals surface area contributed by atoms with Crippen LogP contribution < -0.4 is 0 Å². The standard InChI is InChI=1S/C4H14B3N3/c5-8-1-2-9(6)4-10(7)3-8/h1-7H2. The second-order valence-electron chi connectivity index (χ2n) is 3.30. The van der Waals surface area contributed by atoms with Gasteiger partial charge in [0.1, 0.15) is 0 Å². The zero-order valence-corrected chi connectivity index (χ0v) is 7.17. The summed E-state index contributed by atoms with van der Waals surface area (Å²) in [6.07, 6.45) is 0. The highest BCUT2D eigenvalue weighted by Crippen LogP contribution is 1.95. The van der Waals surface area contributed by atoms with Gasteiger partial charge < -0.3 is 14.4 Å². The van der Waals surface area contributed by atoms with Gasteiger partial charge in [0, 0.05) is 13.3 Å². The Morgan fingerprint density at radius 3 is 1.50 bits per heavy atom. The van der Waals surface area contributed by atoms with Crippen molar-refractivity contribution >= 4 is 23.9 Å². The van der Waals surface area contributed by atoms with Gasteiger partial charge in [-0.15, -0.1) is 0 Å². The van der Waals surface area contributed by atoms with Crippen LogP contribution in [-0.4, -0.2) is 64.8 Å². The maximum atomic E-state index is 2.34. The third-order valence-electron chi connectivity index (χ3n) is 1.83. The van der Waals surface area contributed by atoms with E-state index in [0.717, 1.165) is 13.3 Å². The van der Waals surface area contributed by atoms with Gasteiger partial charge >= 0.3 is 0 Å². The Hall–Kier alpha value is 0.0748. The highest BCUT2D eigenvalue weighted by Gasteiger charge is 2.10. The number of nitrogens with zero attached hydrogens (tertiary/aromatic N) is 3. The van der Waals surface area contributed by atoms with Gasteiger partial charge in [0.15, 0.2) is 23.9 Å². The van der Waals surface area contributed by atoms with Gasteiger partial charge in [-0.25, -0.2) is 0 Å². The maximum Gasteiger partial charge on any atom is 0.188 e. The lowest BCUT2D eigenvalue weighted by Crippen LogP contribution is -2.35. The number of rotatable bonds is 0. The summed E-state index contributed by atoms with van der Waals surface area (Å²) in [5.41, 5.74) is 0. The molecule has 0 bridgehead atoms. The topological polar surface area (TPSA) is 9.72 Å². The smallest absolute Gasteiger partial charge is 0.188 e. The summed E-state index contributed by atoms with van der Waals surface area (Å²) in [5.74, 6) is 0. The van der Waals surface area contributed by atoms with E-state index < -0.39 is 0 Å². The Morgan fingerprint density at radius 1 is 0.700 bits per heavy atom. The highest BCUT2D eigenvalue weighted by molar-refractivity contribution is 6.08. The Kier molecular flexibility index (Phi) is 2.83. The lowest BCUT2D eigenvalue weighted by atomic mass is 10.3. The molecule has 0 amide bonds. The highest BCUT2D eigenvalue weighted by atomic mass is 15.3. The van der Waals surface area contributed by atoms with Crippen molar-refractivity contribution in [2.24, 2.45) is 0 Å². The van der Waals surface area contributed by atoms with E-state index >= 15 is 0 Å². The molecular weight excluding hydrogens is 123 g/mol. The summed E-state index contributed by atoms with van der Waals surface area (Å²) in [7, 11) is 6.48. The van der Waals surface area contributed by atoms with Crippen LogP contribution in [-0.2, 0) is 0 Å². The fourth-order valence-corrected chi connectivity index (χ4v) is 1.35. The van der Waals surface area contributed by atoms with Crippen LogP contribution in [0.4, 0.5) is 0 Å². The van der Waals surface area contributed by atoms with Crippen LogP contribution in [0.5, 0.6) is 0 Å². The maximum absolute atomic E-state index is 2.34. The summed E-state index contributed by atoms with van der Waals surface area (Å²) in [6.45, 7) is 4.54. The molecule has 1 aliphatic rings. The van der Waals surface area contributed by atoms with E-state index in [1.54, 1.807) is 0 Å². The zero-order valence-electron chi connectivity index (χ0n) is 7.17. The van der Waals surface area contributed by atoms with Crippen LogP contribution in [0.15, 0.2) is 0 Å². The molecule has 3 nitrogen and oxygen atoms in total. The van der Waals surface area contributed by atoms with Crippen molar-refractivity contribution in [3.05, 3.63) is 0 Å². The van der Waals surface area contributed by atoms with Crippen LogP contribution in [0, 0.1) is 0 Å². The Labute approximate surface area is 65.6 Å². The van der Waals surface area contributed by atoms with E-state index in [4.69, 9.17) is 0 Å². The minimum absolute atomic E-state index is 1.09. The SMILES string of the molecule is BN1CCN(B)CN(B)C1. The minimum Gasteiger partial charge on any atom is -0.337 e. The lowest BCUT2D eigenvalue weighted by molar-refractivity contribution is 0.314. The molecule has 0 aromatic carbocycles. The van der Waals surface area contributed by atoms with E-state index in [2.05, 4.69) is 38.4 Å². The van der Waals surface area contributed by atoms with Crippen LogP contribution in [0.25, 0.3) is 0 Å². The molecule has 54 valence electrons. The van der Waals surface area contributed by atoms with Crippen molar-refractivity contribution in [3.8, 4) is 0 Å². The number of hydrogen-bond acceptors (Lipinski definition) is 3. The molecule has 1 rings (SSSR count). The quantitative estimate of drug-likeness (QED) is 0.320. The number of hydrogen-bond donors (Lipinski definition) is 0. The summed E-state index contributed by atoms with van der Waals surface area (Å²) in [6, 6.07) is 0. The van der Waals surface area contributed by atoms with Gasteiger partial charge in [-0.2, -0.15) is 0 Å². The molecule has 1 heterocycles. The van der Waals surface area contributed by atoms with Crippen LogP contribution in [0.3, 0.4) is 0 Å². The predicted octanol–water partition coefficient (Wildman–Crippen LogP) is -3.53. The second-order valence-corrected chi connectivity index (χ2v) is 3.30. The third kappa shape index (κ3) is 2.36. The molecule has 1 aliphatic heterocycles. The van der Waals surface area contributed by atoms with E-state index in [0.29, 0.717) is 0 Å².